The number of nitrogens with one attached hydrogen (secondary N) is 1. The van der Waals surface area contributed by atoms with Crippen molar-refractivity contribution in [2.75, 3.05) is 11.4 Å². The topological polar surface area (TPSA) is 220 Å². The number of amides is 3. The van der Waals surface area contributed by atoms with Gasteiger partial charge in [0.25, 0.3) is 5.91 Å². The van der Waals surface area contributed by atoms with Crippen molar-refractivity contribution in [1.82, 2.24) is 9.99 Å². The number of phenolic OH excluding ortho intramolecular Hbond substituents is 1. The summed E-state index contributed by atoms with van der Waals surface area (Å²) < 4.78 is 12.6. The summed E-state index contributed by atoms with van der Waals surface area (Å²) in [6.07, 6.45) is -2.20. The van der Waals surface area contributed by atoms with Gasteiger partial charge in [-0.05, 0) is 29.7 Å². The number of benzene rings is 3. The maximum atomic E-state index is 14.2. The molecule has 48 heavy (non-hydrogen) atoms. The number of para-hydroxylation sites is 1. The number of carbonyl (C=O) groups is 5. The van der Waals surface area contributed by atoms with Crippen LogP contribution in [0.2, 0.25) is 0 Å². The highest BCUT2D eigenvalue weighted by atomic mass is 31.2. The number of fused-ring (bicyclic) bond motifs is 1. The van der Waals surface area contributed by atoms with Crippen LogP contribution in [0, 0.1) is 5.92 Å². The summed E-state index contributed by atoms with van der Waals surface area (Å²) in [4.78, 5) is 92.7. The molecule has 4 rings (SSSR count). The van der Waals surface area contributed by atoms with Gasteiger partial charge in [-0.15, -0.1) is 0 Å². The molecule has 3 amide bonds. The number of ketones is 2. The SMILES string of the molecule is CC(=O)N([C@@H](Cc1ccc(O)cc1)C(=O)N[C@@H]1N=C(c2ccccc2)c2ccccc2N(CC(=O)C(=O)[C@@H](N)C(C)C)C1=O)P(=O)(O)O. The first-order valence-corrected chi connectivity index (χ1v) is 16.5. The number of benzodiazepines with no additional fused rings is 1. The molecule has 0 radical (unpaired) electrons. The third kappa shape index (κ3) is 8.09. The van der Waals surface area contributed by atoms with Gasteiger partial charge in [-0.3, -0.25) is 24.0 Å². The minimum atomic E-state index is -5.38. The molecule has 14 nitrogen and oxygen atoms in total. The largest absolute Gasteiger partial charge is 0.508 e. The van der Waals surface area contributed by atoms with Crippen molar-refractivity contribution < 1.29 is 43.4 Å². The zero-order chi connectivity index (χ0) is 35.3. The van der Waals surface area contributed by atoms with E-state index in [-0.39, 0.29) is 27.7 Å². The molecule has 0 saturated heterocycles. The Morgan fingerprint density at radius 2 is 1.58 bits per heavy atom. The van der Waals surface area contributed by atoms with E-state index in [9.17, 15) is 43.4 Å². The number of aromatic hydroxyl groups is 1. The van der Waals surface area contributed by atoms with Gasteiger partial charge in [0.05, 0.1) is 24.0 Å². The average Bonchev–Trinajstić information content (AvgIpc) is 3.15. The Morgan fingerprint density at radius 3 is 2.17 bits per heavy atom. The third-order valence-electron chi connectivity index (χ3n) is 7.70. The summed E-state index contributed by atoms with van der Waals surface area (Å²) in [5.41, 5.74) is 7.64. The minimum Gasteiger partial charge on any atom is -0.508 e. The molecular formula is C33H36N5O9P. The van der Waals surface area contributed by atoms with Gasteiger partial charge >= 0.3 is 7.75 Å². The highest BCUT2D eigenvalue weighted by molar-refractivity contribution is 7.50. The van der Waals surface area contributed by atoms with Crippen LogP contribution >= 0.6 is 7.75 Å². The molecule has 3 aromatic carbocycles. The fraction of sp³-hybridized carbons (Fsp3) is 0.273. The number of hydrogen-bond acceptors (Lipinski definition) is 9. The number of phenols is 1. The Bertz CT molecular complexity index is 1790. The Morgan fingerprint density at radius 1 is 0.979 bits per heavy atom. The average molecular weight is 678 g/mol. The van der Waals surface area contributed by atoms with E-state index < -0.39 is 68.2 Å². The van der Waals surface area contributed by atoms with Crippen molar-refractivity contribution in [3.05, 3.63) is 95.6 Å². The fourth-order valence-electron chi connectivity index (χ4n) is 5.18. The molecule has 1 aliphatic heterocycles. The van der Waals surface area contributed by atoms with Crippen molar-refractivity contribution in [2.45, 2.75) is 45.4 Å². The number of Topliss-reactive ketones (excluding diaryl/α,β-unsaturated/α-hetero) is 2. The van der Waals surface area contributed by atoms with E-state index in [0.29, 0.717) is 16.7 Å². The molecule has 0 aromatic heterocycles. The quantitative estimate of drug-likeness (QED) is 0.138. The van der Waals surface area contributed by atoms with Crippen molar-refractivity contribution >= 4 is 48.4 Å². The van der Waals surface area contributed by atoms with E-state index >= 15 is 0 Å². The summed E-state index contributed by atoms with van der Waals surface area (Å²) in [5, 5.41) is 12.1. The molecule has 6 N–H and O–H groups in total. The number of nitrogens with zero attached hydrogens (tertiary/aromatic N) is 3. The number of hydrogen-bond donors (Lipinski definition) is 5. The Hall–Kier alpha value is -5.01. The second-order valence-electron chi connectivity index (χ2n) is 11.5. The molecule has 0 aliphatic carbocycles. The molecule has 3 aromatic rings. The zero-order valence-electron chi connectivity index (χ0n) is 26.4. The van der Waals surface area contributed by atoms with E-state index in [2.05, 4.69) is 10.3 Å². The second kappa shape index (κ2) is 14.8. The maximum Gasteiger partial charge on any atom is 0.433 e. The Balaban J connectivity index is 1.82. The number of anilines is 1. The lowest BCUT2D eigenvalue weighted by molar-refractivity contribution is -0.138. The van der Waals surface area contributed by atoms with Crippen LogP contribution in [0.5, 0.6) is 5.75 Å². The van der Waals surface area contributed by atoms with E-state index in [4.69, 9.17) is 5.73 Å². The molecule has 3 atom stereocenters. The van der Waals surface area contributed by atoms with Crippen LogP contribution in [-0.4, -0.2) is 79.4 Å². The number of rotatable bonds is 12. The van der Waals surface area contributed by atoms with Crippen LogP contribution in [-0.2, 0) is 35.0 Å². The second-order valence-corrected chi connectivity index (χ2v) is 13.0. The summed E-state index contributed by atoms with van der Waals surface area (Å²) >= 11 is 0. The predicted molar refractivity (Wildman–Crippen MR) is 176 cm³/mol. The fourth-order valence-corrected chi connectivity index (χ4v) is 6.10. The van der Waals surface area contributed by atoms with Gasteiger partial charge in [0.2, 0.25) is 29.5 Å². The predicted octanol–water partition coefficient (Wildman–Crippen LogP) is 1.69. The molecule has 252 valence electrons. The van der Waals surface area contributed by atoms with Crippen molar-refractivity contribution in [3.63, 3.8) is 0 Å². The highest BCUT2D eigenvalue weighted by Crippen LogP contribution is 2.42. The van der Waals surface area contributed by atoms with E-state index in [1.165, 1.54) is 24.3 Å². The van der Waals surface area contributed by atoms with Crippen LogP contribution in [0.25, 0.3) is 0 Å². The maximum absolute atomic E-state index is 14.2. The van der Waals surface area contributed by atoms with Crippen molar-refractivity contribution in [1.29, 1.82) is 0 Å². The van der Waals surface area contributed by atoms with Crippen LogP contribution < -0.4 is 16.0 Å². The summed E-state index contributed by atoms with van der Waals surface area (Å²) in [7, 11) is -5.38. The minimum absolute atomic E-state index is 0.105. The van der Waals surface area contributed by atoms with E-state index in [1.54, 1.807) is 68.4 Å². The Labute approximate surface area is 276 Å². The van der Waals surface area contributed by atoms with Crippen LogP contribution in [0.4, 0.5) is 5.69 Å². The molecular weight excluding hydrogens is 641 g/mol. The standard InChI is InChI=1S/C33H36N5O9P/c1-19(2)28(34)30(42)27(41)18-37-25-12-8-7-11-24(25)29(22-9-5-4-6-10-22)35-31(33(37)44)36-32(43)26(38(20(3)39)48(45,46)47)17-21-13-15-23(40)16-14-21/h4-16,19,26,28,31,40H,17-18,34H2,1-3H3,(H,36,43)(H2,45,46,47)/t26-,28-,31-/m0/s1. The number of nitrogens with two attached hydrogens (primary N) is 1. The monoisotopic (exact) mass is 677 g/mol. The zero-order valence-corrected chi connectivity index (χ0v) is 27.3. The molecule has 0 bridgehead atoms. The summed E-state index contributed by atoms with van der Waals surface area (Å²) in [6, 6.07) is 17.6. The molecule has 15 heteroatoms. The van der Waals surface area contributed by atoms with Gasteiger partial charge in [-0.25, -0.2) is 14.2 Å². The summed E-state index contributed by atoms with van der Waals surface area (Å²) in [6.45, 7) is 3.48. The van der Waals surface area contributed by atoms with Crippen LogP contribution in [0.1, 0.15) is 37.5 Å². The molecule has 0 unspecified atom stereocenters. The number of aliphatic imine (C=N–C) groups is 1. The Kier molecular flexibility index (Phi) is 11.1. The van der Waals surface area contributed by atoms with E-state index in [0.717, 1.165) is 11.8 Å². The lowest BCUT2D eigenvalue weighted by Crippen LogP contribution is -2.55. The van der Waals surface area contributed by atoms with Gasteiger partial charge in [-0.2, -0.15) is 0 Å². The normalized spacial score (nSPS) is 15.9. The molecule has 0 fully saturated rings. The van der Waals surface area contributed by atoms with E-state index in [1.807, 2.05) is 0 Å². The van der Waals surface area contributed by atoms with Gasteiger partial charge in [0.1, 0.15) is 11.8 Å². The highest BCUT2D eigenvalue weighted by Gasteiger charge is 2.42. The first kappa shape index (κ1) is 35.8. The molecule has 0 spiro atoms. The van der Waals surface area contributed by atoms with Crippen molar-refractivity contribution in [3.8, 4) is 5.75 Å². The van der Waals surface area contributed by atoms with Gasteiger partial charge in [0.15, 0.2) is 0 Å². The molecule has 0 saturated carbocycles. The number of carbonyl (C=O) groups excluding carboxylic acids is 5. The lowest BCUT2D eigenvalue weighted by atomic mass is 9.97. The van der Waals surface area contributed by atoms with Crippen molar-refractivity contribution in [2.24, 2.45) is 16.6 Å². The smallest absolute Gasteiger partial charge is 0.433 e. The molecule has 1 aliphatic rings. The van der Waals surface area contributed by atoms with Gasteiger partial charge in [-0.1, -0.05) is 74.5 Å². The van der Waals surface area contributed by atoms with Crippen LogP contribution in [0.15, 0.2) is 83.9 Å². The van der Waals surface area contributed by atoms with Crippen LogP contribution in [0.3, 0.4) is 0 Å². The van der Waals surface area contributed by atoms with Gasteiger partial charge < -0.3 is 30.8 Å². The van der Waals surface area contributed by atoms with Gasteiger partial charge in [0, 0.05) is 24.5 Å². The first-order chi connectivity index (χ1) is 22.6. The lowest BCUT2D eigenvalue weighted by Gasteiger charge is -2.31. The molecule has 1 heterocycles. The third-order valence-corrected chi connectivity index (χ3v) is 8.82. The first-order valence-electron chi connectivity index (χ1n) is 14.9. The summed E-state index contributed by atoms with van der Waals surface area (Å²) in [5.74, 6) is -5.52.